The van der Waals surface area contributed by atoms with Gasteiger partial charge in [-0.25, -0.2) is 4.98 Å². The number of H-pyrrole nitrogens is 1. The summed E-state index contributed by atoms with van der Waals surface area (Å²) < 4.78 is 0. The summed E-state index contributed by atoms with van der Waals surface area (Å²) in [5.74, 6) is 0.536. The molecule has 76 valence electrons. The molecule has 0 unspecified atom stereocenters. The van der Waals surface area contributed by atoms with Crippen molar-refractivity contribution in [2.75, 3.05) is 5.73 Å². The van der Waals surface area contributed by atoms with Crippen LogP contribution in [0.2, 0.25) is 0 Å². The molecule has 2 aromatic rings. The van der Waals surface area contributed by atoms with Gasteiger partial charge in [-0.05, 0) is 18.6 Å². The molecule has 0 atom stereocenters. The molecule has 0 aliphatic carbocycles. The Hall–Kier alpha value is -2.10. The Morgan fingerprint density at radius 3 is 2.80 bits per heavy atom. The quantitative estimate of drug-likeness (QED) is 0.683. The van der Waals surface area contributed by atoms with E-state index < -0.39 is 0 Å². The molecule has 0 saturated carbocycles. The van der Waals surface area contributed by atoms with Gasteiger partial charge in [0, 0.05) is 23.5 Å². The number of aromatic nitrogens is 2. The van der Waals surface area contributed by atoms with Gasteiger partial charge < -0.3 is 10.7 Å². The summed E-state index contributed by atoms with van der Waals surface area (Å²) in [6.07, 6.45) is 1.48. The van der Waals surface area contributed by atoms with Crippen LogP contribution in [0.4, 0.5) is 5.69 Å². The summed E-state index contributed by atoms with van der Waals surface area (Å²) in [5, 5.41) is 0. The first kappa shape index (κ1) is 9.45. The van der Waals surface area contributed by atoms with E-state index in [1.54, 1.807) is 6.07 Å². The van der Waals surface area contributed by atoms with Crippen molar-refractivity contribution in [3.8, 4) is 11.4 Å². The minimum atomic E-state index is -0.167. The van der Waals surface area contributed by atoms with Crippen LogP contribution < -0.4 is 11.3 Å². The maximum Gasteiger partial charge on any atom is 0.251 e. The molecule has 1 heterocycles. The van der Waals surface area contributed by atoms with Gasteiger partial charge in [-0.2, -0.15) is 0 Å². The van der Waals surface area contributed by atoms with E-state index in [-0.39, 0.29) is 5.56 Å². The number of anilines is 1. The maximum atomic E-state index is 11.1. The molecule has 4 heteroatoms. The molecule has 0 saturated heterocycles. The highest BCUT2D eigenvalue weighted by atomic mass is 16.1. The SMILES string of the molecule is Cc1ccc(-c2nccc(=O)[nH]2)cc1N. The van der Waals surface area contributed by atoms with Crippen molar-refractivity contribution < 1.29 is 0 Å². The number of benzene rings is 1. The average molecular weight is 201 g/mol. The number of aromatic amines is 1. The molecule has 2 rings (SSSR count). The smallest absolute Gasteiger partial charge is 0.251 e. The second-order valence-corrected chi connectivity index (χ2v) is 3.35. The second-order valence-electron chi connectivity index (χ2n) is 3.35. The first-order valence-electron chi connectivity index (χ1n) is 4.58. The van der Waals surface area contributed by atoms with Crippen molar-refractivity contribution in [2.45, 2.75) is 6.92 Å². The van der Waals surface area contributed by atoms with Crippen LogP contribution in [0.15, 0.2) is 35.3 Å². The zero-order valence-electron chi connectivity index (χ0n) is 8.32. The third kappa shape index (κ3) is 1.88. The number of nitrogens with two attached hydrogens (primary N) is 1. The van der Waals surface area contributed by atoms with E-state index in [1.807, 2.05) is 19.1 Å². The van der Waals surface area contributed by atoms with E-state index in [0.717, 1.165) is 11.1 Å². The topological polar surface area (TPSA) is 71.8 Å². The molecular weight excluding hydrogens is 190 g/mol. The molecule has 0 spiro atoms. The van der Waals surface area contributed by atoms with E-state index in [4.69, 9.17) is 5.73 Å². The number of hydrogen-bond donors (Lipinski definition) is 2. The third-order valence-corrected chi connectivity index (χ3v) is 2.22. The zero-order chi connectivity index (χ0) is 10.8. The Bertz CT molecular complexity index is 546. The summed E-state index contributed by atoms with van der Waals surface area (Å²) in [4.78, 5) is 17.8. The van der Waals surface area contributed by atoms with E-state index in [2.05, 4.69) is 9.97 Å². The number of nitrogen functional groups attached to an aromatic ring is 1. The summed E-state index contributed by atoms with van der Waals surface area (Å²) >= 11 is 0. The molecule has 3 N–H and O–H groups in total. The molecule has 0 fully saturated rings. The lowest BCUT2D eigenvalue weighted by Gasteiger charge is -2.03. The highest BCUT2D eigenvalue weighted by molar-refractivity contribution is 5.63. The van der Waals surface area contributed by atoms with Crippen LogP contribution in [0, 0.1) is 6.92 Å². The van der Waals surface area contributed by atoms with Crippen LogP contribution in [-0.4, -0.2) is 9.97 Å². The predicted molar refractivity (Wildman–Crippen MR) is 59.4 cm³/mol. The van der Waals surface area contributed by atoms with Crippen molar-refractivity contribution >= 4 is 5.69 Å². The minimum absolute atomic E-state index is 0.167. The van der Waals surface area contributed by atoms with Crippen LogP contribution in [0.25, 0.3) is 11.4 Å². The lowest BCUT2D eigenvalue weighted by molar-refractivity contribution is 1.13. The standard InChI is InChI=1S/C11H11N3O/c1-7-2-3-8(6-9(7)12)11-13-5-4-10(15)14-11/h2-6H,12H2,1H3,(H,13,14,15). The number of nitrogens with one attached hydrogen (secondary N) is 1. The zero-order valence-corrected chi connectivity index (χ0v) is 8.32. The van der Waals surface area contributed by atoms with Crippen LogP contribution in [-0.2, 0) is 0 Å². The van der Waals surface area contributed by atoms with Crippen molar-refractivity contribution in [3.63, 3.8) is 0 Å². The van der Waals surface area contributed by atoms with Crippen LogP contribution >= 0.6 is 0 Å². The second kappa shape index (κ2) is 3.57. The summed E-state index contributed by atoms with van der Waals surface area (Å²) in [7, 11) is 0. The molecule has 0 aliphatic rings. The van der Waals surface area contributed by atoms with E-state index in [9.17, 15) is 4.79 Å². The Labute approximate surface area is 86.8 Å². The fraction of sp³-hybridized carbons (Fsp3) is 0.0909. The number of aryl methyl sites for hydroxylation is 1. The van der Waals surface area contributed by atoms with Gasteiger partial charge in [0.15, 0.2) is 0 Å². The van der Waals surface area contributed by atoms with Crippen LogP contribution in [0.3, 0.4) is 0 Å². The van der Waals surface area contributed by atoms with Gasteiger partial charge in [-0.3, -0.25) is 4.79 Å². The number of nitrogens with zero attached hydrogens (tertiary/aromatic N) is 1. The van der Waals surface area contributed by atoms with Crippen LogP contribution in [0.1, 0.15) is 5.56 Å². The normalized spacial score (nSPS) is 10.2. The first-order valence-corrected chi connectivity index (χ1v) is 4.58. The summed E-state index contributed by atoms with van der Waals surface area (Å²) in [6.45, 7) is 1.93. The fourth-order valence-corrected chi connectivity index (χ4v) is 1.30. The summed E-state index contributed by atoms with van der Waals surface area (Å²) in [6, 6.07) is 6.95. The van der Waals surface area contributed by atoms with E-state index in [1.165, 1.54) is 12.3 Å². The fourth-order valence-electron chi connectivity index (χ4n) is 1.30. The third-order valence-electron chi connectivity index (χ3n) is 2.22. The molecular formula is C11H11N3O. The lowest BCUT2D eigenvalue weighted by Crippen LogP contribution is -2.06. The van der Waals surface area contributed by atoms with Crippen molar-refractivity contribution in [3.05, 3.63) is 46.4 Å². The van der Waals surface area contributed by atoms with E-state index in [0.29, 0.717) is 11.5 Å². The molecule has 1 aromatic carbocycles. The lowest BCUT2D eigenvalue weighted by atomic mass is 10.1. The van der Waals surface area contributed by atoms with Gasteiger partial charge in [-0.1, -0.05) is 12.1 Å². The molecule has 0 bridgehead atoms. The van der Waals surface area contributed by atoms with Gasteiger partial charge in [-0.15, -0.1) is 0 Å². The van der Waals surface area contributed by atoms with Gasteiger partial charge in [0.05, 0.1) is 0 Å². The maximum absolute atomic E-state index is 11.1. The van der Waals surface area contributed by atoms with Crippen molar-refractivity contribution in [2.24, 2.45) is 0 Å². The highest BCUT2D eigenvalue weighted by Crippen LogP contribution is 2.19. The predicted octanol–water partition coefficient (Wildman–Crippen LogP) is 1.33. The minimum Gasteiger partial charge on any atom is -0.398 e. The molecule has 15 heavy (non-hydrogen) atoms. The Balaban J connectivity index is 2.55. The van der Waals surface area contributed by atoms with Gasteiger partial charge in [0.2, 0.25) is 0 Å². The van der Waals surface area contributed by atoms with Crippen LogP contribution in [0.5, 0.6) is 0 Å². The van der Waals surface area contributed by atoms with Gasteiger partial charge >= 0.3 is 0 Å². The molecule has 0 radical (unpaired) electrons. The molecule has 0 amide bonds. The Morgan fingerprint density at radius 2 is 2.13 bits per heavy atom. The number of rotatable bonds is 1. The highest BCUT2D eigenvalue weighted by Gasteiger charge is 2.01. The van der Waals surface area contributed by atoms with E-state index >= 15 is 0 Å². The van der Waals surface area contributed by atoms with Gasteiger partial charge in [0.25, 0.3) is 5.56 Å². The average Bonchev–Trinajstić information content (AvgIpc) is 2.22. The Kier molecular flexibility index (Phi) is 2.25. The molecule has 0 aliphatic heterocycles. The van der Waals surface area contributed by atoms with Crippen molar-refractivity contribution in [1.29, 1.82) is 0 Å². The molecule has 1 aromatic heterocycles. The molecule has 4 nitrogen and oxygen atoms in total. The number of hydrogen-bond acceptors (Lipinski definition) is 3. The largest absolute Gasteiger partial charge is 0.398 e. The van der Waals surface area contributed by atoms with Crippen molar-refractivity contribution in [1.82, 2.24) is 9.97 Å². The van der Waals surface area contributed by atoms with Gasteiger partial charge in [0.1, 0.15) is 5.82 Å². The summed E-state index contributed by atoms with van der Waals surface area (Å²) in [5.41, 5.74) is 8.13. The Morgan fingerprint density at radius 1 is 1.33 bits per heavy atom. The monoisotopic (exact) mass is 201 g/mol. The first-order chi connectivity index (χ1) is 7.16.